The molecule has 3 aromatic carbocycles. The van der Waals surface area contributed by atoms with Gasteiger partial charge in [0.25, 0.3) is 5.91 Å². The molecule has 0 radical (unpaired) electrons. The van der Waals surface area contributed by atoms with Gasteiger partial charge in [0.1, 0.15) is 6.61 Å². The van der Waals surface area contributed by atoms with E-state index in [1.807, 2.05) is 71.0 Å². The summed E-state index contributed by atoms with van der Waals surface area (Å²) in [7, 11) is 0. The fourth-order valence-electron chi connectivity index (χ4n) is 4.05. The lowest BCUT2D eigenvalue weighted by molar-refractivity contribution is -0.123. The largest absolute Gasteiger partial charge is 0.490 e. The van der Waals surface area contributed by atoms with Crippen molar-refractivity contribution in [2.24, 2.45) is 4.99 Å². The van der Waals surface area contributed by atoms with Crippen LogP contribution in [0.15, 0.2) is 69.0 Å². The molecule has 1 heterocycles. The first kappa shape index (κ1) is 26.3. The number of fused-ring (bicyclic) bond motifs is 1. The van der Waals surface area contributed by atoms with E-state index in [1.54, 1.807) is 4.90 Å². The molecule has 7 heteroatoms. The van der Waals surface area contributed by atoms with Gasteiger partial charge in [0.15, 0.2) is 16.7 Å². The fraction of sp³-hybridized carbons (Fsp3) is 0.310. The molecule has 0 bridgehead atoms. The zero-order chi connectivity index (χ0) is 25.8. The Balaban J connectivity index is 1.64. The molecule has 1 fully saturated rings. The van der Waals surface area contributed by atoms with E-state index in [0.29, 0.717) is 29.6 Å². The Morgan fingerprint density at radius 2 is 1.81 bits per heavy atom. The number of hydrogen-bond donors (Lipinski definition) is 0. The first-order valence-corrected chi connectivity index (χ1v) is 13.8. The number of carbonyl (C=O) groups excluding carboxylic acids is 1. The quantitative estimate of drug-likeness (QED) is 0.262. The fourth-order valence-corrected chi connectivity index (χ4v) is 5.85. The molecule has 1 aliphatic rings. The highest BCUT2D eigenvalue weighted by Crippen LogP contribution is 2.40. The zero-order valence-electron chi connectivity index (χ0n) is 21.2. The second-order valence-electron chi connectivity index (χ2n) is 9.07. The van der Waals surface area contributed by atoms with Crippen molar-refractivity contribution in [2.45, 2.75) is 53.3 Å². The monoisotopic (exact) mass is 566 g/mol. The molecule has 1 saturated heterocycles. The first-order valence-electron chi connectivity index (χ1n) is 12.1. The number of aliphatic imine (C=N–C) groups is 1. The van der Waals surface area contributed by atoms with Crippen molar-refractivity contribution in [1.29, 1.82) is 0 Å². The lowest BCUT2D eigenvalue weighted by Crippen LogP contribution is -2.35. The summed E-state index contributed by atoms with van der Waals surface area (Å²) in [4.78, 5) is 20.2. The zero-order valence-corrected chi connectivity index (χ0v) is 23.7. The predicted octanol–water partition coefficient (Wildman–Crippen LogP) is 7.67. The molecule has 5 nitrogen and oxygen atoms in total. The van der Waals surface area contributed by atoms with Crippen LogP contribution in [0.4, 0.5) is 0 Å². The molecule has 0 saturated carbocycles. The van der Waals surface area contributed by atoms with Crippen LogP contribution in [-0.2, 0) is 11.4 Å². The number of hydrogen-bond acceptors (Lipinski definition) is 5. The van der Waals surface area contributed by atoms with Gasteiger partial charge in [0, 0.05) is 12.1 Å². The van der Waals surface area contributed by atoms with Crippen LogP contribution in [0.5, 0.6) is 11.5 Å². The van der Waals surface area contributed by atoms with Crippen molar-refractivity contribution >= 4 is 55.6 Å². The molecule has 0 unspecified atom stereocenters. The maximum atomic E-state index is 13.2. The Morgan fingerprint density at radius 1 is 1.06 bits per heavy atom. The van der Waals surface area contributed by atoms with Crippen molar-refractivity contribution in [1.82, 2.24) is 4.90 Å². The summed E-state index contributed by atoms with van der Waals surface area (Å²) in [5.41, 5.74) is 1.96. The molecule has 3 aromatic rings. The highest BCUT2D eigenvalue weighted by molar-refractivity contribution is 9.10. The number of amidine groups is 1. The van der Waals surface area contributed by atoms with Crippen LogP contribution in [0.3, 0.4) is 0 Å². The molecule has 0 atom stereocenters. The van der Waals surface area contributed by atoms with Crippen LogP contribution in [-0.4, -0.2) is 34.7 Å². The smallest absolute Gasteiger partial charge is 0.266 e. The summed E-state index contributed by atoms with van der Waals surface area (Å²) < 4.78 is 13.0. The van der Waals surface area contributed by atoms with Gasteiger partial charge < -0.3 is 9.47 Å². The number of carbonyl (C=O) groups is 1. The first-order chi connectivity index (χ1) is 17.3. The SMILES string of the molecule is CCOc1cc(/C=C2/SC(=NC(C)C)N(C(C)C)C2=O)cc(Br)c1OCc1cccc2ccccc12. The van der Waals surface area contributed by atoms with Gasteiger partial charge in [0.05, 0.1) is 16.0 Å². The van der Waals surface area contributed by atoms with Gasteiger partial charge in [-0.1, -0.05) is 42.5 Å². The Bertz CT molecular complexity index is 1330. The minimum atomic E-state index is -0.0280. The summed E-state index contributed by atoms with van der Waals surface area (Å²) in [5.74, 6) is 1.24. The van der Waals surface area contributed by atoms with E-state index in [2.05, 4.69) is 45.2 Å². The second kappa shape index (κ2) is 11.5. The molecular formula is C29H31BrN2O3S. The van der Waals surface area contributed by atoms with E-state index in [-0.39, 0.29) is 18.0 Å². The molecule has 0 aromatic heterocycles. The molecule has 0 N–H and O–H groups in total. The lowest BCUT2D eigenvalue weighted by atomic mass is 10.1. The maximum absolute atomic E-state index is 13.2. The normalized spacial score (nSPS) is 16.2. The van der Waals surface area contributed by atoms with Gasteiger partial charge >= 0.3 is 0 Å². The number of benzene rings is 3. The van der Waals surface area contributed by atoms with Crippen molar-refractivity contribution in [3.8, 4) is 11.5 Å². The summed E-state index contributed by atoms with van der Waals surface area (Å²) in [6, 6.07) is 18.5. The number of halogens is 1. The highest BCUT2D eigenvalue weighted by atomic mass is 79.9. The average molecular weight is 568 g/mol. The number of amides is 1. The van der Waals surface area contributed by atoms with Crippen molar-refractivity contribution in [3.63, 3.8) is 0 Å². The third-order valence-corrected chi connectivity index (χ3v) is 7.19. The van der Waals surface area contributed by atoms with E-state index in [1.165, 1.54) is 22.5 Å². The summed E-state index contributed by atoms with van der Waals surface area (Å²) in [6.45, 7) is 10.9. The van der Waals surface area contributed by atoms with Crippen LogP contribution in [0.25, 0.3) is 16.8 Å². The van der Waals surface area contributed by atoms with Gasteiger partial charge in [0.2, 0.25) is 0 Å². The van der Waals surface area contributed by atoms with E-state index in [9.17, 15) is 4.79 Å². The van der Waals surface area contributed by atoms with Crippen LogP contribution in [0, 0.1) is 0 Å². The van der Waals surface area contributed by atoms with E-state index >= 15 is 0 Å². The van der Waals surface area contributed by atoms with Crippen molar-refractivity contribution in [2.75, 3.05) is 6.61 Å². The van der Waals surface area contributed by atoms with Crippen LogP contribution >= 0.6 is 27.7 Å². The molecule has 1 amide bonds. The molecular weight excluding hydrogens is 536 g/mol. The minimum absolute atomic E-state index is 0.0280. The van der Waals surface area contributed by atoms with E-state index in [4.69, 9.17) is 9.47 Å². The number of ether oxygens (including phenoxy) is 2. The third kappa shape index (κ3) is 5.79. The van der Waals surface area contributed by atoms with Gasteiger partial charge in [-0.15, -0.1) is 0 Å². The second-order valence-corrected chi connectivity index (χ2v) is 10.9. The third-order valence-electron chi connectivity index (χ3n) is 5.60. The highest BCUT2D eigenvalue weighted by Gasteiger charge is 2.35. The predicted molar refractivity (Wildman–Crippen MR) is 154 cm³/mol. The topological polar surface area (TPSA) is 51.1 Å². The Hall–Kier alpha value is -2.77. The van der Waals surface area contributed by atoms with Gasteiger partial charge in [-0.05, 0) is 102 Å². The molecule has 0 aliphatic carbocycles. The summed E-state index contributed by atoms with van der Waals surface area (Å²) in [6.07, 6.45) is 1.90. The van der Waals surface area contributed by atoms with Crippen LogP contribution < -0.4 is 9.47 Å². The lowest BCUT2D eigenvalue weighted by Gasteiger charge is -2.20. The Morgan fingerprint density at radius 3 is 2.53 bits per heavy atom. The van der Waals surface area contributed by atoms with Gasteiger partial charge in [-0.25, -0.2) is 0 Å². The Labute approximate surface area is 225 Å². The number of rotatable bonds is 8. The number of nitrogens with zero attached hydrogens (tertiary/aromatic N) is 2. The summed E-state index contributed by atoms with van der Waals surface area (Å²) in [5, 5.41) is 3.09. The summed E-state index contributed by atoms with van der Waals surface area (Å²) >= 11 is 5.09. The van der Waals surface area contributed by atoms with E-state index in [0.717, 1.165) is 20.8 Å². The van der Waals surface area contributed by atoms with Crippen molar-refractivity contribution in [3.05, 3.63) is 75.1 Å². The molecule has 4 rings (SSSR count). The van der Waals surface area contributed by atoms with Crippen LogP contribution in [0.1, 0.15) is 45.7 Å². The molecule has 36 heavy (non-hydrogen) atoms. The van der Waals surface area contributed by atoms with Gasteiger partial charge in [-0.3, -0.25) is 14.7 Å². The van der Waals surface area contributed by atoms with Gasteiger partial charge in [-0.2, -0.15) is 0 Å². The Kier molecular flexibility index (Phi) is 8.42. The standard InChI is InChI=1S/C29H31BrN2O3S/c1-6-34-25-15-20(16-26-28(33)32(19(4)5)29(36-26)31-18(2)3)14-24(30)27(25)35-17-22-12-9-11-21-10-7-8-13-23(21)22/h7-16,18-19H,6,17H2,1-5H3/b26-16+,31-29?. The maximum Gasteiger partial charge on any atom is 0.266 e. The molecule has 1 aliphatic heterocycles. The minimum Gasteiger partial charge on any atom is -0.490 e. The molecule has 188 valence electrons. The number of thioether (sulfide) groups is 1. The van der Waals surface area contributed by atoms with Crippen molar-refractivity contribution < 1.29 is 14.3 Å². The van der Waals surface area contributed by atoms with Crippen LogP contribution in [0.2, 0.25) is 0 Å². The van der Waals surface area contributed by atoms with E-state index < -0.39 is 0 Å². The molecule has 0 spiro atoms. The average Bonchev–Trinajstić information content (AvgIpc) is 3.12.